The molecular weight excluding hydrogens is 346 g/mol. The summed E-state index contributed by atoms with van der Waals surface area (Å²) in [5, 5.41) is 14.9. The van der Waals surface area contributed by atoms with Crippen LogP contribution in [0.1, 0.15) is 19.4 Å². The minimum absolute atomic E-state index is 0. The van der Waals surface area contributed by atoms with E-state index in [9.17, 15) is 9.90 Å². The second-order valence-electron chi connectivity index (χ2n) is 6.02. The minimum atomic E-state index is -0.329. The van der Waals surface area contributed by atoms with Crippen LogP contribution < -0.4 is 10.6 Å². The first-order valence-electron chi connectivity index (χ1n) is 7.52. The number of phenols is 1. The van der Waals surface area contributed by atoms with Crippen LogP contribution in [0.3, 0.4) is 0 Å². The number of hydrogen-bond donors (Lipinski definition) is 3. The van der Waals surface area contributed by atoms with Gasteiger partial charge in [-0.1, -0.05) is 19.9 Å². The first-order chi connectivity index (χ1) is 9.99. The van der Waals surface area contributed by atoms with Gasteiger partial charge in [0, 0.05) is 26.7 Å². The van der Waals surface area contributed by atoms with Crippen molar-refractivity contribution < 1.29 is 9.90 Å². The summed E-state index contributed by atoms with van der Waals surface area (Å²) >= 11 is 0. The maximum atomic E-state index is 11.3. The predicted molar refractivity (Wildman–Crippen MR) is 95.0 cm³/mol. The van der Waals surface area contributed by atoms with Gasteiger partial charge in [-0.3, -0.25) is 0 Å². The van der Waals surface area contributed by atoms with Gasteiger partial charge in [0.25, 0.3) is 0 Å². The lowest BCUT2D eigenvalue weighted by molar-refractivity contribution is 0.254. The van der Waals surface area contributed by atoms with Crippen molar-refractivity contribution in [3.05, 3.63) is 23.8 Å². The molecule has 0 aliphatic carbocycles. The van der Waals surface area contributed by atoms with Crippen LogP contribution in [-0.2, 0) is 6.42 Å². The van der Waals surface area contributed by atoms with Crippen LogP contribution in [0.2, 0.25) is 0 Å². The second kappa shape index (κ2) is 8.39. The van der Waals surface area contributed by atoms with Gasteiger partial charge < -0.3 is 20.6 Å². The highest BCUT2D eigenvalue weighted by atomic mass is 79.9. The van der Waals surface area contributed by atoms with E-state index in [1.54, 1.807) is 13.1 Å². The summed E-state index contributed by atoms with van der Waals surface area (Å²) in [5.41, 5.74) is 1.57. The highest BCUT2D eigenvalue weighted by molar-refractivity contribution is 8.93. The molecule has 2 atom stereocenters. The SMILES string of the molecule is Br.CNC(=O)Nc1cc(CCN2CC(C)C(C)C2)ccc1O. The van der Waals surface area contributed by atoms with E-state index in [0.717, 1.165) is 43.5 Å². The van der Waals surface area contributed by atoms with Crippen LogP contribution >= 0.6 is 17.0 Å². The van der Waals surface area contributed by atoms with Crippen LogP contribution in [-0.4, -0.2) is 42.7 Å². The van der Waals surface area contributed by atoms with Crippen LogP contribution in [0.25, 0.3) is 0 Å². The predicted octanol–water partition coefficient (Wildman–Crippen LogP) is 2.85. The molecule has 5 nitrogen and oxygen atoms in total. The molecule has 1 aromatic rings. The van der Waals surface area contributed by atoms with E-state index < -0.39 is 0 Å². The van der Waals surface area contributed by atoms with Crippen LogP contribution in [0.15, 0.2) is 18.2 Å². The monoisotopic (exact) mass is 371 g/mol. The fourth-order valence-electron chi connectivity index (χ4n) is 2.74. The molecule has 1 aliphatic heterocycles. The summed E-state index contributed by atoms with van der Waals surface area (Å²) in [6.07, 6.45) is 0.919. The van der Waals surface area contributed by atoms with Crippen LogP contribution in [0.5, 0.6) is 5.75 Å². The smallest absolute Gasteiger partial charge is 0.319 e. The third-order valence-electron chi connectivity index (χ3n) is 4.32. The van der Waals surface area contributed by atoms with E-state index >= 15 is 0 Å². The number of carbonyl (C=O) groups excluding carboxylic acids is 1. The molecule has 1 saturated heterocycles. The van der Waals surface area contributed by atoms with Crippen molar-refractivity contribution in [3.63, 3.8) is 0 Å². The number of likely N-dealkylation sites (tertiary alicyclic amines) is 1. The first-order valence-corrected chi connectivity index (χ1v) is 7.52. The van der Waals surface area contributed by atoms with Crippen LogP contribution in [0, 0.1) is 11.8 Å². The number of hydrogen-bond acceptors (Lipinski definition) is 3. The number of rotatable bonds is 4. The molecule has 0 spiro atoms. The largest absolute Gasteiger partial charge is 0.506 e. The van der Waals surface area contributed by atoms with Crippen molar-refractivity contribution in [2.45, 2.75) is 20.3 Å². The number of anilines is 1. The van der Waals surface area contributed by atoms with E-state index in [0.29, 0.717) is 5.69 Å². The summed E-state index contributed by atoms with van der Waals surface area (Å²) in [7, 11) is 1.55. The molecule has 3 N–H and O–H groups in total. The number of urea groups is 1. The zero-order valence-electron chi connectivity index (χ0n) is 13.4. The summed E-state index contributed by atoms with van der Waals surface area (Å²) < 4.78 is 0. The molecule has 2 amide bonds. The third kappa shape index (κ3) is 4.88. The average Bonchev–Trinajstić information content (AvgIpc) is 2.78. The Morgan fingerprint density at radius 1 is 1.32 bits per heavy atom. The Morgan fingerprint density at radius 3 is 2.55 bits per heavy atom. The van der Waals surface area contributed by atoms with Gasteiger partial charge in [-0.15, -0.1) is 17.0 Å². The number of halogens is 1. The number of amides is 2. The van der Waals surface area contributed by atoms with Gasteiger partial charge >= 0.3 is 6.03 Å². The molecule has 2 unspecified atom stereocenters. The van der Waals surface area contributed by atoms with Gasteiger partial charge in [0.05, 0.1) is 5.69 Å². The van der Waals surface area contributed by atoms with E-state index in [1.807, 2.05) is 12.1 Å². The number of phenolic OH excluding ortho intramolecular Hbond substituents is 1. The van der Waals surface area contributed by atoms with Gasteiger partial charge in [-0.25, -0.2) is 4.79 Å². The standard InChI is InChI=1S/C16H25N3O2.BrH/c1-11-9-19(10-12(11)2)7-6-13-4-5-15(20)14(8-13)18-16(21)17-3;/h4-5,8,11-12,20H,6-7,9-10H2,1-3H3,(H2,17,18,21);1H. The summed E-state index contributed by atoms with van der Waals surface area (Å²) in [4.78, 5) is 13.8. The Bertz CT molecular complexity index is 500. The highest BCUT2D eigenvalue weighted by Gasteiger charge is 2.25. The maximum absolute atomic E-state index is 11.3. The second-order valence-corrected chi connectivity index (χ2v) is 6.02. The average molecular weight is 372 g/mol. The lowest BCUT2D eigenvalue weighted by atomic mass is 10.0. The molecule has 1 fully saturated rings. The lowest BCUT2D eigenvalue weighted by Crippen LogP contribution is -2.25. The molecule has 6 heteroatoms. The van der Waals surface area contributed by atoms with Crippen molar-refractivity contribution in [1.29, 1.82) is 0 Å². The lowest BCUT2D eigenvalue weighted by Gasteiger charge is -2.16. The fourth-order valence-corrected chi connectivity index (χ4v) is 2.74. The molecule has 0 aromatic heterocycles. The Labute approximate surface area is 142 Å². The Balaban J connectivity index is 0.00000242. The van der Waals surface area contributed by atoms with Crippen molar-refractivity contribution in [1.82, 2.24) is 10.2 Å². The molecule has 124 valence electrons. The van der Waals surface area contributed by atoms with Crippen molar-refractivity contribution in [3.8, 4) is 5.75 Å². The Hall–Kier alpha value is -1.27. The topological polar surface area (TPSA) is 64.6 Å². The molecule has 2 rings (SSSR count). The number of carbonyl (C=O) groups is 1. The van der Waals surface area contributed by atoms with Gasteiger partial charge in [-0.05, 0) is 36.0 Å². The van der Waals surface area contributed by atoms with Gasteiger partial charge in [0.2, 0.25) is 0 Å². The zero-order valence-corrected chi connectivity index (χ0v) is 15.1. The summed E-state index contributed by atoms with van der Waals surface area (Å²) in [6, 6.07) is 5.06. The van der Waals surface area contributed by atoms with E-state index in [2.05, 4.69) is 29.4 Å². The summed E-state index contributed by atoms with van der Waals surface area (Å²) in [6.45, 7) is 7.93. The molecule has 0 bridgehead atoms. The van der Waals surface area contributed by atoms with Gasteiger partial charge in [-0.2, -0.15) is 0 Å². The normalized spacial score (nSPS) is 21.2. The molecule has 1 heterocycles. The quantitative estimate of drug-likeness (QED) is 0.713. The van der Waals surface area contributed by atoms with Crippen molar-refractivity contribution in [2.75, 3.05) is 32.0 Å². The molecule has 1 aromatic carbocycles. The number of benzene rings is 1. The number of aromatic hydroxyl groups is 1. The fraction of sp³-hybridized carbons (Fsp3) is 0.562. The molecule has 0 saturated carbocycles. The van der Waals surface area contributed by atoms with Gasteiger partial charge in [0.15, 0.2) is 0 Å². The third-order valence-corrected chi connectivity index (χ3v) is 4.32. The molecule has 0 radical (unpaired) electrons. The van der Waals surface area contributed by atoms with Crippen molar-refractivity contribution in [2.24, 2.45) is 11.8 Å². The van der Waals surface area contributed by atoms with Crippen molar-refractivity contribution >= 4 is 28.7 Å². The highest BCUT2D eigenvalue weighted by Crippen LogP contribution is 2.26. The Morgan fingerprint density at radius 2 is 1.95 bits per heavy atom. The van der Waals surface area contributed by atoms with Gasteiger partial charge in [0.1, 0.15) is 5.75 Å². The summed E-state index contributed by atoms with van der Waals surface area (Å²) in [5.74, 6) is 1.61. The first kappa shape index (κ1) is 18.8. The number of nitrogens with zero attached hydrogens (tertiary/aromatic N) is 1. The zero-order chi connectivity index (χ0) is 15.4. The maximum Gasteiger partial charge on any atom is 0.319 e. The Kier molecular flexibility index (Phi) is 7.16. The minimum Gasteiger partial charge on any atom is -0.506 e. The van der Waals surface area contributed by atoms with E-state index in [4.69, 9.17) is 0 Å². The van der Waals surface area contributed by atoms with E-state index in [1.165, 1.54) is 0 Å². The molecule has 22 heavy (non-hydrogen) atoms. The number of nitrogens with one attached hydrogen (secondary N) is 2. The molecular formula is C16H26BrN3O2. The molecule has 1 aliphatic rings. The van der Waals surface area contributed by atoms with E-state index in [-0.39, 0.29) is 28.8 Å². The van der Waals surface area contributed by atoms with Crippen LogP contribution in [0.4, 0.5) is 10.5 Å².